The molecule has 2 N–H and O–H groups in total. The highest BCUT2D eigenvalue weighted by Gasteiger charge is 2.27. The minimum absolute atomic E-state index is 0.0209. The van der Waals surface area contributed by atoms with Crippen LogP contribution in [0.5, 0.6) is 0 Å². The van der Waals surface area contributed by atoms with Crippen molar-refractivity contribution in [3.63, 3.8) is 0 Å². The number of nitrogens with zero attached hydrogens (tertiary/aromatic N) is 3. The Balaban J connectivity index is 1.72. The van der Waals surface area contributed by atoms with Crippen LogP contribution in [0, 0.1) is 19.8 Å². The number of amides is 1. The molecule has 2 aromatic rings. The van der Waals surface area contributed by atoms with Crippen LogP contribution in [0.3, 0.4) is 0 Å². The van der Waals surface area contributed by atoms with Crippen LogP contribution < -0.4 is 5.32 Å². The molecule has 7 nitrogen and oxygen atoms in total. The number of carboxylic acids is 1. The summed E-state index contributed by atoms with van der Waals surface area (Å²) in [6.45, 7) is 3.73. The quantitative estimate of drug-likeness (QED) is 0.898. The summed E-state index contributed by atoms with van der Waals surface area (Å²) in [6.07, 6.45) is 4.17. The van der Waals surface area contributed by atoms with Crippen molar-refractivity contribution in [3.8, 4) is 0 Å². The second-order valence-electron chi connectivity index (χ2n) is 6.17. The maximum atomic E-state index is 12.5. The Morgan fingerprint density at radius 3 is 2.61 bits per heavy atom. The molecule has 0 saturated heterocycles. The van der Waals surface area contributed by atoms with E-state index in [4.69, 9.17) is 5.11 Å². The van der Waals surface area contributed by atoms with E-state index < -0.39 is 5.97 Å². The van der Waals surface area contributed by atoms with Crippen molar-refractivity contribution in [2.75, 3.05) is 0 Å². The van der Waals surface area contributed by atoms with Crippen LogP contribution in [-0.4, -0.2) is 37.6 Å². The molecule has 0 spiro atoms. The summed E-state index contributed by atoms with van der Waals surface area (Å²) in [5.74, 6) is -1.20. The molecule has 1 aliphatic carbocycles. The van der Waals surface area contributed by atoms with Crippen molar-refractivity contribution in [2.45, 2.75) is 45.6 Å². The van der Waals surface area contributed by atoms with Gasteiger partial charge < -0.3 is 10.4 Å². The number of aromatic nitrogens is 3. The molecule has 23 heavy (non-hydrogen) atoms. The minimum atomic E-state index is -0.741. The van der Waals surface area contributed by atoms with E-state index in [-0.39, 0.29) is 17.9 Å². The number of aliphatic carboxylic acids is 1. The molecule has 1 aliphatic rings. The van der Waals surface area contributed by atoms with E-state index in [1.165, 1.54) is 0 Å². The van der Waals surface area contributed by atoms with Crippen LogP contribution in [0.15, 0.2) is 12.3 Å². The summed E-state index contributed by atoms with van der Waals surface area (Å²) in [6, 6.07) is 1.88. The lowest BCUT2D eigenvalue weighted by atomic mass is 9.86. The Labute approximate surface area is 133 Å². The molecule has 1 fully saturated rings. The molecule has 7 heteroatoms. The first-order valence-corrected chi connectivity index (χ1v) is 7.81. The van der Waals surface area contributed by atoms with Crippen molar-refractivity contribution in [1.29, 1.82) is 0 Å². The van der Waals surface area contributed by atoms with E-state index in [0.717, 1.165) is 17.0 Å². The molecule has 0 atom stereocenters. The van der Waals surface area contributed by atoms with Crippen LogP contribution in [0.25, 0.3) is 5.65 Å². The fraction of sp³-hybridized carbons (Fsp3) is 0.500. The first-order chi connectivity index (χ1) is 11.0. The predicted molar refractivity (Wildman–Crippen MR) is 83.3 cm³/mol. The molecular formula is C16H20N4O3. The highest BCUT2D eigenvalue weighted by Crippen LogP contribution is 2.24. The first-order valence-electron chi connectivity index (χ1n) is 7.81. The lowest BCUT2D eigenvalue weighted by molar-refractivity contribution is -0.142. The summed E-state index contributed by atoms with van der Waals surface area (Å²) in [7, 11) is 0. The number of carbonyl (C=O) groups is 2. The fourth-order valence-electron chi connectivity index (χ4n) is 3.13. The molecule has 0 unspecified atom stereocenters. The summed E-state index contributed by atoms with van der Waals surface area (Å²) in [5, 5.41) is 16.4. The van der Waals surface area contributed by atoms with Gasteiger partial charge >= 0.3 is 5.97 Å². The molecule has 0 aliphatic heterocycles. The Kier molecular flexibility index (Phi) is 4.02. The molecule has 0 bridgehead atoms. The molecule has 122 valence electrons. The molecule has 2 heterocycles. The van der Waals surface area contributed by atoms with Crippen molar-refractivity contribution in [2.24, 2.45) is 5.92 Å². The van der Waals surface area contributed by atoms with Crippen molar-refractivity contribution >= 4 is 17.5 Å². The topological polar surface area (TPSA) is 96.6 Å². The van der Waals surface area contributed by atoms with Crippen molar-refractivity contribution in [3.05, 3.63) is 29.2 Å². The number of aryl methyl sites for hydroxylation is 2. The lowest BCUT2D eigenvalue weighted by Gasteiger charge is -2.27. The smallest absolute Gasteiger partial charge is 0.306 e. The number of fused-ring (bicyclic) bond motifs is 1. The zero-order chi connectivity index (χ0) is 16.6. The van der Waals surface area contributed by atoms with Gasteiger partial charge in [0.25, 0.3) is 5.91 Å². The number of hydrogen-bond donors (Lipinski definition) is 2. The van der Waals surface area contributed by atoms with Gasteiger partial charge in [-0.2, -0.15) is 5.10 Å². The second kappa shape index (κ2) is 5.98. The van der Waals surface area contributed by atoms with Crippen LogP contribution in [-0.2, 0) is 4.79 Å². The standard InChI is InChI=1S/C16H20N4O3/c1-9-7-14-17-8-13(10(2)20(14)19-9)15(21)18-12-5-3-11(4-6-12)16(22)23/h7-8,11-12H,3-6H2,1-2H3,(H,18,21)(H,22,23). The lowest BCUT2D eigenvalue weighted by Crippen LogP contribution is -2.39. The molecule has 1 amide bonds. The number of hydrogen-bond acceptors (Lipinski definition) is 4. The van der Waals surface area contributed by atoms with Gasteiger partial charge in [-0.05, 0) is 39.5 Å². The van der Waals surface area contributed by atoms with Gasteiger partial charge in [0.1, 0.15) is 0 Å². The van der Waals surface area contributed by atoms with E-state index in [0.29, 0.717) is 31.2 Å². The van der Waals surface area contributed by atoms with Gasteiger partial charge in [0.05, 0.1) is 22.9 Å². The summed E-state index contributed by atoms with van der Waals surface area (Å²) >= 11 is 0. The van der Waals surface area contributed by atoms with Crippen LogP contribution in [0.4, 0.5) is 0 Å². The monoisotopic (exact) mass is 316 g/mol. The van der Waals surface area contributed by atoms with Crippen molar-refractivity contribution in [1.82, 2.24) is 19.9 Å². The Hall–Kier alpha value is -2.44. The third-order valence-corrected chi connectivity index (χ3v) is 4.50. The molecule has 1 saturated carbocycles. The largest absolute Gasteiger partial charge is 0.481 e. The Bertz CT molecular complexity index is 760. The highest BCUT2D eigenvalue weighted by molar-refractivity contribution is 5.95. The fourth-order valence-corrected chi connectivity index (χ4v) is 3.13. The zero-order valence-corrected chi connectivity index (χ0v) is 13.2. The maximum absolute atomic E-state index is 12.5. The van der Waals surface area contributed by atoms with E-state index in [1.807, 2.05) is 19.9 Å². The number of nitrogens with one attached hydrogen (secondary N) is 1. The number of carbonyl (C=O) groups excluding carboxylic acids is 1. The van der Waals surface area contributed by atoms with Gasteiger partial charge in [0, 0.05) is 18.3 Å². The predicted octanol–water partition coefficient (Wildman–Crippen LogP) is 1.72. The normalized spacial score (nSPS) is 21.3. The van der Waals surface area contributed by atoms with Crippen LogP contribution >= 0.6 is 0 Å². The molecular weight excluding hydrogens is 296 g/mol. The maximum Gasteiger partial charge on any atom is 0.306 e. The van der Waals surface area contributed by atoms with E-state index in [2.05, 4.69) is 15.4 Å². The SMILES string of the molecule is Cc1cc2ncc(C(=O)NC3CCC(C(=O)O)CC3)c(C)n2n1. The van der Waals surface area contributed by atoms with Crippen molar-refractivity contribution < 1.29 is 14.7 Å². The van der Waals surface area contributed by atoms with Crippen LogP contribution in [0.2, 0.25) is 0 Å². The van der Waals surface area contributed by atoms with Gasteiger partial charge in [0.2, 0.25) is 0 Å². The summed E-state index contributed by atoms with van der Waals surface area (Å²) < 4.78 is 1.67. The van der Waals surface area contributed by atoms with Gasteiger partial charge in [-0.1, -0.05) is 0 Å². The Morgan fingerprint density at radius 1 is 1.26 bits per heavy atom. The number of carboxylic acid groups (broad SMARTS) is 1. The van der Waals surface area contributed by atoms with Crippen LogP contribution in [0.1, 0.15) is 47.4 Å². The third-order valence-electron chi connectivity index (χ3n) is 4.50. The van der Waals surface area contributed by atoms with E-state index in [9.17, 15) is 9.59 Å². The minimum Gasteiger partial charge on any atom is -0.481 e. The number of rotatable bonds is 3. The molecule has 0 aromatic carbocycles. The second-order valence-corrected chi connectivity index (χ2v) is 6.17. The molecule has 0 radical (unpaired) electrons. The average Bonchev–Trinajstić information content (AvgIpc) is 2.89. The van der Waals surface area contributed by atoms with Gasteiger partial charge in [-0.3, -0.25) is 9.59 Å². The molecule has 2 aromatic heterocycles. The van der Waals surface area contributed by atoms with Gasteiger partial charge in [-0.25, -0.2) is 9.50 Å². The van der Waals surface area contributed by atoms with E-state index in [1.54, 1.807) is 10.7 Å². The summed E-state index contributed by atoms with van der Waals surface area (Å²) in [4.78, 5) is 27.7. The third kappa shape index (κ3) is 3.04. The van der Waals surface area contributed by atoms with Gasteiger partial charge in [0.15, 0.2) is 5.65 Å². The first kappa shape index (κ1) is 15.5. The highest BCUT2D eigenvalue weighted by atomic mass is 16.4. The van der Waals surface area contributed by atoms with Gasteiger partial charge in [-0.15, -0.1) is 0 Å². The summed E-state index contributed by atoms with van der Waals surface area (Å²) in [5.41, 5.74) is 2.82. The van der Waals surface area contributed by atoms with E-state index >= 15 is 0 Å². The average molecular weight is 316 g/mol. The molecule has 3 rings (SSSR count). The Morgan fingerprint density at radius 2 is 1.96 bits per heavy atom. The zero-order valence-electron chi connectivity index (χ0n) is 13.2.